The summed E-state index contributed by atoms with van der Waals surface area (Å²) in [5.41, 5.74) is 0. The first-order valence-corrected chi connectivity index (χ1v) is 7.12. The summed E-state index contributed by atoms with van der Waals surface area (Å²) < 4.78 is 0.935. The molecule has 5 heteroatoms. The van der Waals surface area contributed by atoms with Gasteiger partial charge in [0.25, 0.3) is 0 Å². The Hall–Kier alpha value is -0.840. The van der Waals surface area contributed by atoms with E-state index in [-0.39, 0.29) is 0 Å². The topological polar surface area (TPSA) is 49.8 Å². The van der Waals surface area contributed by atoms with Crippen LogP contribution < -0.4 is 10.6 Å². The van der Waals surface area contributed by atoms with E-state index in [9.17, 15) is 0 Å². The highest BCUT2D eigenvalue weighted by molar-refractivity contribution is 9.10. The molecule has 1 aromatic heterocycles. The summed E-state index contributed by atoms with van der Waals surface area (Å²) >= 11 is 3.49. The van der Waals surface area contributed by atoms with Gasteiger partial charge in [0.1, 0.15) is 5.82 Å². The number of hydrogen-bond donors (Lipinski definition) is 2. The van der Waals surface area contributed by atoms with E-state index >= 15 is 0 Å². The first-order valence-electron chi connectivity index (χ1n) is 6.32. The van der Waals surface area contributed by atoms with Crippen molar-refractivity contribution in [3.63, 3.8) is 0 Å². The number of aromatic nitrogens is 2. The van der Waals surface area contributed by atoms with Gasteiger partial charge in [-0.05, 0) is 35.7 Å². The molecular weight excluding hydrogens is 280 g/mol. The second kappa shape index (κ2) is 6.19. The van der Waals surface area contributed by atoms with Gasteiger partial charge >= 0.3 is 0 Å². The average Bonchev–Trinajstić information content (AvgIpc) is 2.35. The van der Waals surface area contributed by atoms with Gasteiger partial charge in [0, 0.05) is 18.8 Å². The van der Waals surface area contributed by atoms with Crippen molar-refractivity contribution in [3.05, 3.63) is 10.7 Å². The maximum Gasteiger partial charge on any atom is 0.224 e. The molecule has 0 unspecified atom stereocenters. The zero-order valence-electron chi connectivity index (χ0n) is 10.2. The monoisotopic (exact) mass is 298 g/mol. The Kier molecular flexibility index (Phi) is 4.59. The molecule has 1 fully saturated rings. The van der Waals surface area contributed by atoms with Crippen molar-refractivity contribution >= 4 is 27.7 Å². The maximum absolute atomic E-state index is 4.48. The van der Waals surface area contributed by atoms with Crippen molar-refractivity contribution in [1.82, 2.24) is 9.97 Å². The molecule has 0 aliphatic heterocycles. The molecule has 1 heterocycles. The van der Waals surface area contributed by atoms with Crippen molar-refractivity contribution in [1.29, 1.82) is 0 Å². The van der Waals surface area contributed by atoms with E-state index in [0.29, 0.717) is 12.0 Å². The van der Waals surface area contributed by atoms with Gasteiger partial charge in [-0.25, -0.2) is 4.98 Å². The lowest BCUT2D eigenvalue weighted by Crippen LogP contribution is -2.23. The highest BCUT2D eigenvalue weighted by atomic mass is 79.9. The van der Waals surface area contributed by atoms with Gasteiger partial charge in [0.2, 0.25) is 5.95 Å². The number of hydrogen-bond acceptors (Lipinski definition) is 4. The molecule has 0 amide bonds. The number of rotatable bonds is 4. The molecule has 0 bridgehead atoms. The fourth-order valence-corrected chi connectivity index (χ4v) is 2.46. The van der Waals surface area contributed by atoms with Crippen molar-refractivity contribution in [3.8, 4) is 0 Å². The Labute approximate surface area is 111 Å². The van der Waals surface area contributed by atoms with Gasteiger partial charge in [-0.3, -0.25) is 0 Å². The smallest absolute Gasteiger partial charge is 0.224 e. The van der Waals surface area contributed by atoms with Gasteiger partial charge in [-0.2, -0.15) is 4.98 Å². The molecule has 17 heavy (non-hydrogen) atoms. The van der Waals surface area contributed by atoms with E-state index < -0.39 is 0 Å². The number of nitrogens with zero attached hydrogens (tertiary/aromatic N) is 2. The minimum atomic E-state index is 0.560. The summed E-state index contributed by atoms with van der Waals surface area (Å²) in [4.78, 5) is 8.69. The molecule has 0 aromatic carbocycles. The van der Waals surface area contributed by atoms with Crippen LogP contribution in [0.4, 0.5) is 11.8 Å². The highest BCUT2D eigenvalue weighted by Gasteiger charge is 2.15. The van der Waals surface area contributed by atoms with Crippen LogP contribution in [0.1, 0.15) is 39.0 Å². The Balaban J connectivity index is 2.04. The maximum atomic E-state index is 4.48. The molecule has 0 atom stereocenters. The first kappa shape index (κ1) is 12.6. The quantitative estimate of drug-likeness (QED) is 0.894. The van der Waals surface area contributed by atoms with Crippen molar-refractivity contribution < 1.29 is 0 Å². The lowest BCUT2D eigenvalue weighted by Gasteiger charge is -2.23. The highest BCUT2D eigenvalue weighted by Crippen LogP contribution is 2.25. The van der Waals surface area contributed by atoms with E-state index in [2.05, 4.69) is 36.5 Å². The molecule has 1 aliphatic rings. The molecule has 1 aliphatic carbocycles. The molecule has 1 saturated carbocycles. The Bertz CT molecular complexity index is 364. The summed E-state index contributed by atoms with van der Waals surface area (Å²) in [5, 5.41) is 6.64. The molecule has 0 radical (unpaired) electrons. The molecule has 4 nitrogen and oxygen atoms in total. The average molecular weight is 299 g/mol. The largest absolute Gasteiger partial charge is 0.366 e. The second-order valence-corrected chi connectivity index (χ2v) is 5.25. The summed E-state index contributed by atoms with van der Waals surface area (Å²) in [6.45, 7) is 2.88. The Morgan fingerprint density at radius 2 is 2.12 bits per heavy atom. The van der Waals surface area contributed by atoms with Crippen molar-refractivity contribution in [2.24, 2.45) is 0 Å². The van der Waals surface area contributed by atoms with Crippen LogP contribution in [0.15, 0.2) is 10.7 Å². The normalized spacial score (nSPS) is 16.8. The van der Waals surface area contributed by atoms with Crippen LogP contribution in [0.5, 0.6) is 0 Å². The SMILES string of the molecule is CCNc1ncc(Br)c(NC2CCCCC2)n1. The minimum absolute atomic E-state index is 0.560. The fourth-order valence-electron chi connectivity index (χ4n) is 2.15. The summed E-state index contributed by atoms with van der Waals surface area (Å²) in [7, 11) is 0. The van der Waals surface area contributed by atoms with Crippen LogP contribution in [0.25, 0.3) is 0 Å². The molecule has 2 N–H and O–H groups in total. The third-order valence-electron chi connectivity index (χ3n) is 3.03. The number of halogens is 1. The summed E-state index contributed by atoms with van der Waals surface area (Å²) in [6, 6.07) is 0.560. The third-order valence-corrected chi connectivity index (χ3v) is 3.61. The second-order valence-electron chi connectivity index (χ2n) is 4.40. The number of nitrogens with one attached hydrogen (secondary N) is 2. The van der Waals surface area contributed by atoms with Gasteiger partial charge in [-0.1, -0.05) is 19.3 Å². The zero-order valence-corrected chi connectivity index (χ0v) is 11.8. The van der Waals surface area contributed by atoms with Crippen LogP contribution in [-0.2, 0) is 0 Å². The van der Waals surface area contributed by atoms with Crippen molar-refractivity contribution in [2.45, 2.75) is 45.1 Å². The van der Waals surface area contributed by atoms with Crippen LogP contribution in [-0.4, -0.2) is 22.6 Å². The van der Waals surface area contributed by atoms with E-state index in [1.165, 1.54) is 32.1 Å². The fraction of sp³-hybridized carbons (Fsp3) is 0.667. The van der Waals surface area contributed by atoms with Crippen LogP contribution in [0, 0.1) is 0 Å². The van der Waals surface area contributed by atoms with E-state index in [1.807, 2.05) is 6.92 Å². The van der Waals surface area contributed by atoms with Crippen molar-refractivity contribution in [2.75, 3.05) is 17.2 Å². The molecular formula is C12H19BrN4. The Morgan fingerprint density at radius 1 is 1.35 bits per heavy atom. The van der Waals surface area contributed by atoms with Crippen LogP contribution in [0.2, 0.25) is 0 Å². The van der Waals surface area contributed by atoms with Gasteiger partial charge in [-0.15, -0.1) is 0 Å². The summed E-state index contributed by atoms with van der Waals surface area (Å²) in [5.74, 6) is 1.59. The van der Waals surface area contributed by atoms with E-state index in [4.69, 9.17) is 0 Å². The first-order chi connectivity index (χ1) is 8.29. The van der Waals surface area contributed by atoms with Crippen LogP contribution >= 0.6 is 15.9 Å². The minimum Gasteiger partial charge on any atom is -0.366 e. The lowest BCUT2D eigenvalue weighted by molar-refractivity contribution is 0.461. The van der Waals surface area contributed by atoms with Gasteiger partial charge in [0.15, 0.2) is 0 Å². The van der Waals surface area contributed by atoms with Gasteiger partial charge < -0.3 is 10.6 Å². The van der Waals surface area contributed by atoms with Crippen LogP contribution in [0.3, 0.4) is 0 Å². The standard InChI is InChI=1S/C12H19BrN4/c1-2-14-12-15-8-10(13)11(17-12)16-9-6-4-3-5-7-9/h8-9H,2-7H2,1H3,(H2,14,15,16,17). The predicted molar refractivity (Wildman–Crippen MR) is 74.4 cm³/mol. The molecule has 1 aromatic rings. The van der Waals surface area contributed by atoms with E-state index in [0.717, 1.165) is 16.8 Å². The zero-order chi connectivity index (χ0) is 12.1. The predicted octanol–water partition coefficient (Wildman–Crippen LogP) is 3.42. The number of anilines is 2. The third kappa shape index (κ3) is 3.56. The van der Waals surface area contributed by atoms with Gasteiger partial charge in [0.05, 0.1) is 4.47 Å². The lowest BCUT2D eigenvalue weighted by atomic mass is 9.95. The Morgan fingerprint density at radius 3 is 2.82 bits per heavy atom. The summed E-state index contributed by atoms with van der Waals surface area (Å²) in [6.07, 6.45) is 8.29. The molecule has 2 rings (SSSR count). The molecule has 94 valence electrons. The van der Waals surface area contributed by atoms with E-state index in [1.54, 1.807) is 6.20 Å². The molecule has 0 saturated heterocycles. The molecule has 0 spiro atoms.